The van der Waals surface area contributed by atoms with Crippen molar-refractivity contribution in [2.45, 2.75) is 9.79 Å². The summed E-state index contributed by atoms with van der Waals surface area (Å²) in [4.78, 5) is 2.03. The zero-order valence-corrected chi connectivity index (χ0v) is 9.02. The molecule has 70 valence electrons. The minimum absolute atomic E-state index is 0.696. The third-order valence-corrected chi connectivity index (χ3v) is 3.56. The van der Waals surface area contributed by atoms with Crippen LogP contribution in [0, 0.1) is 0 Å². The minimum Gasteiger partial charge on any atom is -0.371 e. The van der Waals surface area contributed by atoms with E-state index >= 15 is 0 Å². The van der Waals surface area contributed by atoms with Crippen molar-refractivity contribution in [1.82, 2.24) is 4.72 Å². The molecule has 1 aliphatic heterocycles. The molecule has 4 N–H and O–H groups in total. The largest absolute Gasteiger partial charge is 0.371 e. The molecule has 3 nitrogen and oxygen atoms in total. The van der Waals surface area contributed by atoms with Gasteiger partial charge in [-0.1, -0.05) is 11.6 Å². The van der Waals surface area contributed by atoms with Crippen LogP contribution >= 0.6 is 35.5 Å². The summed E-state index contributed by atoms with van der Waals surface area (Å²) < 4.78 is 3.12. The first-order valence-electron chi connectivity index (χ1n) is 3.65. The summed E-state index contributed by atoms with van der Waals surface area (Å²) in [5, 5.41) is 9.35. The first kappa shape index (κ1) is 9.48. The van der Waals surface area contributed by atoms with Gasteiger partial charge in [0.15, 0.2) is 0 Å². The van der Waals surface area contributed by atoms with Crippen molar-refractivity contribution in [3.05, 3.63) is 17.2 Å². The van der Waals surface area contributed by atoms with Gasteiger partial charge in [0.25, 0.3) is 0 Å². The van der Waals surface area contributed by atoms with Crippen molar-refractivity contribution in [3.8, 4) is 0 Å². The molecule has 0 atom stereocenters. The molecule has 0 aliphatic carbocycles. The van der Waals surface area contributed by atoms with E-state index in [9.17, 15) is 0 Å². The maximum atomic E-state index is 5.99. The molecule has 0 aromatic heterocycles. The van der Waals surface area contributed by atoms with Crippen molar-refractivity contribution < 1.29 is 0 Å². The summed E-state index contributed by atoms with van der Waals surface area (Å²) in [6.45, 7) is 0.753. The summed E-state index contributed by atoms with van der Waals surface area (Å²) in [6.07, 6.45) is 0. The first-order valence-corrected chi connectivity index (χ1v) is 5.72. The molecule has 1 aromatic rings. The fourth-order valence-electron chi connectivity index (χ4n) is 1.09. The third-order valence-electron chi connectivity index (χ3n) is 1.69. The minimum atomic E-state index is 0.696. The fourth-order valence-corrected chi connectivity index (χ4v) is 2.54. The summed E-state index contributed by atoms with van der Waals surface area (Å²) in [7, 11) is 0. The van der Waals surface area contributed by atoms with Crippen LogP contribution in [-0.2, 0) is 0 Å². The zero-order valence-electron chi connectivity index (χ0n) is 6.63. The predicted molar refractivity (Wildman–Crippen MR) is 59.0 cm³/mol. The average molecular weight is 234 g/mol. The van der Waals surface area contributed by atoms with Crippen molar-refractivity contribution in [2.24, 2.45) is 5.14 Å². The smallest absolute Gasteiger partial charge is 0.0750 e. The van der Waals surface area contributed by atoms with E-state index in [2.05, 4.69) is 10.0 Å². The molecule has 0 amide bonds. The zero-order chi connectivity index (χ0) is 9.26. The Morgan fingerprint density at radius 1 is 1.54 bits per heavy atom. The van der Waals surface area contributed by atoms with Crippen LogP contribution < -0.4 is 15.2 Å². The van der Waals surface area contributed by atoms with Crippen LogP contribution in [-0.4, -0.2) is 6.67 Å². The summed E-state index contributed by atoms with van der Waals surface area (Å²) >= 11 is 8.75. The van der Waals surface area contributed by atoms with E-state index in [0.29, 0.717) is 5.02 Å². The molecule has 1 aromatic carbocycles. The molecule has 0 saturated carbocycles. The van der Waals surface area contributed by atoms with Gasteiger partial charge in [0, 0.05) is 9.79 Å². The molecule has 1 aliphatic rings. The summed E-state index contributed by atoms with van der Waals surface area (Å²) in [5.74, 6) is 0. The van der Waals surface area contributed by atoms with Crippen LogP contribution in [0.25, 0.3) is 0 Å². The maximum Gasteiger partial charge on any atom is 0.0750 e. The lowest BCUT2D eigenvalue weighted by atomic mass is 10.3. The van der Waals surface area contributed by atoms with Gasteiger partial charge in [-0.05, 0) is 36.0 Å². The highest BCUT2D eigenvalue weighted by Gasteiger charge is 2.11. The van der Waals surface area contributed by atoms with Gasteiger partial charge in [-0.25, -0.2) is 4.72 Å². The van der Waals surface area contributed by atoms with Gasteiger partial charge in [-0.3, -0.25) is 5.14 Å². The fraction of sp³-hybridized carbons (Fsp3) is 0.143. The monoisotopic (exact) mass is 233 g/mol. The van der Waals surface area contributed by atoms with E-state index in [4.69, 9.17) is 16.7 Å². The number of hydrogen-bond acceptors (Lipinski definition) is 5. The van der Waals surface area contributed by atoms with E-state index in [1.807, 2.05) is 12.1 Å². The number of fused-ring (bicyclic) bond motifs is 1. The van der Waals surface area contributed by atoms with E-state index in [1.54, 1.807) is 11.9 Å². The standard InChI is InChI=1S/C7H8ClN3S2/c8-4-1-5-7(2-6(4)12-9)13-11-3-10-5/h1-2,10-11H,3,9H2. The second-order valence-corrected chi connectivity index (χ2v) is 4.51. The lowest BCUT2D eigenvalue weighted by molar-refractivity contribution is 1.01. The Bertz CT molecular complexity index is 332. The molecule has 6 heteroatoms. The number of hydrogen-bond donors (Lipinski definition) is 3. The first-order chi connectivity index (χ1) is 6.31. The molecule has 0 unspecified atom stereocenters. The van der Waals surface area contributed by atoms with Crippen LogP contribution in [0.4, 0.5) is 5.69 Å². The third kappa shape index (κ3) is 1.89. The lowest BCUT2D eigenvalue weighted by Crippen LogP contribution is -2.20. The van der Waals surface area contributed by atoms with Gasteiger partial charge >= 0.3 is 0 Å². The SMILES string of the molecule is NSc1cc2c(cc1Cl)NCNS2. The Balaban J connectivity index is 2.44. The normalized spacial score (nSPS) is 14.9. The number of nitrogens with one attached hydrogen (secondary N) is 2. The summed E-state index contributed by atoms with van der Waals surface area (Å²) in [6, 6.07) is 3.88. The van der Waals surface area contributed by atoms with E-state index in [1.165, 1.54) is 11.9 Å². The highest BCUT2D eigenvalue weighted by Crippen LogP contribution is 2.36. The van der Waals surface area contributed by atoms with Crippen molar-refractivity contribution in [1.29, 1.82) is 0 Å². The summed E-state index contributed by atoms with van der Waals surface area (Å²) in [5.41, 5.74) is 1.06. The lowest BCUT2D eigenvalue weighted by Gasteiger charge is -2.19. The molecule has 13 heavy (non-hydrogen) atoms. The van der Waals surface area contributed by atoms with E-state index in [-0.39, 0.29) is 0 Å². The highest BCUT2D eigenvalue weighted by atomic mass is 35.5. The Hall–Kier alpha value is -0.0700. The topological polar surface area (TPSA) is 50.1 Å². The van der Waals surface area contributed by atoms with Gasteiger partial charge in [0.1, 0.15) is 0 Å². The number of nitrogens with two attached hydrogens (primary N) is 1. The molecule has 0 spiro atoms. The number of halogens is 1. The van der Waals surface area contributed by atoms with Gasteiger partial charge in [0.05, 0.1) is 17.4 Å². The molecule has 0 saturated heterocycles. The second-order valence-electron chi connectivity index (χ2n) is 2.50. The van der Waals surface area contributed by atoms with Gasteiger partial charge in [-0.15, -0.1) is 0 Å². The van der Waals surface area contributed by atoms with Crippen LogP contribution in [0.15, 0.2) is 21.9 Å². The van der Waals surface area contributed by atoms with Crippen LogP contribution in [0.1, 0.15) is 0 Å². The van der Waals surface area contributed by atoms with Gasteiger partial charge < -0.3 is 5.32 Å². The van der Waals surface area contributed by atoms with E-state index in [0.717, 1.165) is 22.1 Å². The van der Waals surface area contributed by atoms with Crippen molar-refractivity contribution in [2.75, 3.05) is 12.0 Å². The number of rotatable bonds is 1. The molecule has 0 radical (unpaired) electrons. The molecule has 0 bridgehead atoms. The second kappa shape index (κ2) is 3.98. The molecular weight excluding hydrogens is 226 g/mol. The van der Waals surface area contributed by atoms with Crippen LogP contribution in [0.2, 0.25) is 5.02 Å². The quantitative estimate of drug-likeness (QED) is 0.650. The van der Waals surface area contributed by atoms with Gasteiger partial charge in [-0.2, -0.15) is 0 Å². The Labute approximate surface area is 90.1 Å². The van der Waals surface area contributed by atoms with E-state index < -0.39 is 0 Å². The Morgan fingerprint density at radius 2 is 2.38 bits per heavy atom. The number of anilines is 1. The maximum absolute atomic E-state index is 5.99. The number of benzene rings is 1. The van der Waals surface area contributed by atoms with Gasteiger partial charge in [0.2, 0.25) is 0 Å². The highest BCUT2D eigenvalue weighted by molar-refractivity contribution is 7.98. The van der Waals surface area contributed by atoms with Crippen LogP contribution in [0.5, 0.6) is 0 Å². The predicted octanol–water partition coefficient (Wildman–Crippen LogP) is 2.29. The van der Waals surface area contributed by atoms with Crippen molar-refractivity contribution in [3.63, 3.8) is 0 Å². The van der Waals surface area contributed by atoms with Crippen molar-refractivity contribution >= 4 is 41.2 Å². The molecule has 1 heterocycles. The average Bonchev–Trinajstić information content (AvgIpc) is 2.17. The molecular formula is C7H8ClN3S2. The van der Waals surface area contributed by atoms with Crippen LogP contribution in [0.3, 0.4) is 0 Å². The Kier molecular flexibility index (Phi) is 2.90. The Morgan fingerprint density at radius 3 is 3.15 bits per heavy atom. The molecule has 0 fully saturated rings. The molecule has 2 rings (SSSR count).